The standard InChI is InChI=1S/C14H21FN2O/c1-11(15)16-14(18)13-7-8-17(10-13)9-12-5-3-2-4-6-12/h2-6,11,13-14,16,18H,7-10H2,1H3. The van der Waals surface area contributed by atoms with Crippen molar-refractivity contribution in [2.45, 2.75) is 32.4 Å². The van der Waals surface area contributed by atoms with Crippen LogP contribution < -0.4 is 5.32 Å². The summed E-state index contributed by atoms with van der Waals surface area (Å²) in [4.78, 5) is 2.30. The van der Waals surface area contributed by atoms with Crippen LogP contribution in [0.4, 0.5) is 4.39 Å². The van der Waals surface area contributed by atoms with Crippen LogP contribution in [0, 0.1) is 5.92 Å². The summed E-state index contributed by atoms with van der Waals surface area (Å²) >= 11 is 0. The zero-order valence-electron chi connectivity index (χ0n) is 10.7. The molecule has 0 amide bonds. The molecule has 0 spiro atoms. The molecule has 0 aliphatic carbocycles. The van der Waals surface area contributed by atoms with Crippen molar-refractivity contribution in [1.29, 1.82) is 0 Å². The highest BCUT2D eigenvalue weighted by molar-refractivity contribution is 5.14. The minimum absolute atomic E-state index is 0.118. The van der Waals surface area contributed by atoms with Gasteiger partial charge in [-0.15, -0.1) is 0 Å². The van der Waals surface area contributed by atoms with Crippen LogP contribution in [0.5, 0.6) is 0 Å². The van der Waals surface area contributed by atoms with Crippen molar-refractivity contribution in [3.05, 3.63) is 35.9 Å². The topological polar surface area (TPSA) is 35.5 Å². The second-order valence-electron chi connectivity index (χ2n) is 5.00. The molecular weight excluding hydrogens is 231 g/mol. The fraction of sp³-hybridized carbons (Fsp3) is 0.571. The first kappa shape index (κ1) is 13.5. The Hall–Kier alpha value is -0.970. The lowest BCUT2D eigenvalue weighted by Gasteiger charge is -2.21. The summed E-state index contributed by atoms with van der Waals surface area (Å²) in [6.07, 6.45) is -0.998. The van der Waals surface area contributed by atoms with Gasteiger partial charge in [0.05, 0.1) is 0 Å². The highest BCUT2D eigenvalue weighted by Gasteiger charge is 2.28. The number of rotatable bonds is 5. The highest BCUT2D eigenvalue weighted by Crippen LogP contribution is 2.21. The van der Waals surface area contributed by atoms with Gasteiger partial charge in [-0.1, -0.05) is 30.3 Å². The lowest BCUT2D eigenvalue weighted by atomic mass is 10.1. The molecular formula is C14H21FN2O. The molecule has 3 atom stereocenters. The van der Waals surface area contributed by atoms with Crippen molar-refractivity contribution < 1.29 is 9.50 Å². The largest absolute Gasteiger partial charge is 0.378 e. The van der Waals surface area contributed by atoms with E-state index >= 15 is 0 Å². The predicted octanol–water partition coefficient (Wildman–Crippen LogP) is 1.73. The van der Waals surface area contributed by atoms with Gasteiger partial charge in [0.15, 0.2) is 0 Å². The van der Waals surface area contributed by atoms with Gasteiger partial charge >= 0.3 is 0 Å². The molecule has 1 aliphatic rings. The number of benzene rings is 1. The van der Waals surface area contributed by atoms with Gasteiger partial charge in [0, 0.05) is 19.0 Å². The summed E-state index contributed by atoms with van der Waals surface area (Å²) in [5, 5.41) is 12.4. The quantitative estimate of drug-likeness (QED) is 0.619. The molecule has 1 saturated heterocycles. The number of aliphatic hydroxyl groups excluding tert-OH is 1. The van der Waals surface area contributed by atoms with Crippen molar-refractivity contribution in [2.75, 3.05) is 13.1 Å². The van der Waals surface area contributed by atoms with Crippen LogP contribution in [0.15, 0.2) is 30.3 Å². The van der Waals surface area contributed by atoms with E-state index in [1.807, 2.05) is 18.2 Å². The molecule has 1 aromatic rings. The van der Waals surface area contributed by atoms with E-state index in [0.29, 0.717) is 0 Å². The Morgan fingerprint density at radius 3 is 2.83 bits per heavy atom. The molecule has 2 rings (SSSR count). The predicted molar refractivity (Wildman–Crippen MR) is 69.5 cm³/mol. The lowest BCUT2D eigenvalue weighted by Crippen LogP contribution is -2.40. The Morgan fingerprint density at radius 2 is 2.17 bits per heavy atom. The van der Waals surface area contributed by atoms with Crippen LogP contribution in [-0.2, 0) is 6.54 Å². The van der Waals surface area contributed by atoms with E-state index in [4.69, 9.17) is 0 Å². The van der Waals surface area contributed by atoms with Gasteiger partial charge in [-0.25, -0.2) is 4.39 Å². The van der Waals surface area contributed by atoms with Crippen molar-refractivity contribution in [3.63, 3.8) is 0 Å². The number of aliphatic hydroxyl groups is 1. The monoisotopic (exact) mass is 252 g/mol. The Kier molecular flexibility index (Phi) is 4.69. The molecule has 18 heavy (non-hydrogen) atoms. The Morgan fingerprint density at radius 1 is 1.44 bits per heavy atom. The van der Waals surface area contributed by atoms with Gasteiger partial charge in [-0.05, 0) is 25.5 Å². The summed E-state index contributed by atoms with van der Waals surface area (Å²) in [5.41, 5.74) is 1.28. The SMILES string of the molecule is CC(F)NC(O)C1CCN(Cc2ccccc2)C1. The van der Waals surface area contributed by atoms with Crippen LogP contribution >= 0.6 is 0 Å². The smallest absolute Gasteiger partial charge is 0.150 e. The highest BCUT2D eigenvalue weighted by atomic mass is 19.1. The number of hydrogen-bond acceptors (Lipinski definition) is 3. The number of likely N-dealkylation sites (tertiary alicyclic amines) is 1. The van der Waals surface area contributed by atoms with Gasteiger partial charge in [0.25, 0.3) is 0 Å². The molecule has 0 saturated carbocycles. The van der Waals surface area contributed by atoms with Crippen LogP contribution in [-0.4, -0.2) is 35.6 Å². The van der Waals surface area contributed by atoms with Crippen LogP contribution in [0.2, 0.25) is 0 Å². The van der Waals surface area contributed by atoms with E-state index in [2.05, 4.69) is 22.3 Å². The molecule has 1 fully saturated rings. The van der Waals surface area contributed by atoms with E-state index in [1.165, 1.54) is 12.5 Å². The molecule has 2 N–H and O–H groups in total. The van der Waals surface area contributed by atoms with E-state index in [9.17, 15) is 9.50 Å². The minimum atomic E-state index is -1.16. The average molecular weight is 252 g/mol. The summed E-state index contributed by atoms with van der Waals surface area (Å²) in [5.74, 6) is 0.118. The molecule has 3 unspecified atom stereocenters. The van der Waals surface area contributed by atoms with E-state index < -0.39 is 12.5 Å². The molecule has 1 heterocycles. The van der Waals surface area contributed by atoms with Crippen LogP contribution in [0.3, 0.4) is 0 Å². The van der Waals surface area contributed by atoms with Crippen molar-refractivity contribution in [1.82, 2.24) is 10.2 Å². The molecule has 1 aromatic carbocycles. The number of hydrogen-bond donors (Lipinski definition) is 2. The van der Waals surface area contributed by atoms with Crippen molar-refractivity contribution in [3.8, 4) is 0 Å². The fourth-order valence-corrected chi connectivity index (χ4v) is 2.48. The summed E-state index contributed by atoms with van der Waals surface area (Å²) in [7, 11) is 0. The number of halogens is 1. The van der Waals surface area contributed by atoms with Crippen molar-refractivity contribution in [2.24, 2.45) is 5.92 Å². The van der Waals surface area contributed by atoms with Crippen LogP contribution in [0.25, 0.3) is 0 Å². The Labute approximate surface area is 108 Å². The maximum atomic E-state index is 12.8. The second kappa shape index (κ2) is 6.27. The lowest BCUT2D eigenvalue weighted by molar-refractivity contribution is 0.0455. The van der Waals surface area contributed by atoms with Gasteiger partial charge in [0.1, 0.15) is 12.5 Å². The third-order valence-corrected chi connectivity index (χ3v) is 3.40. The normalized spacial score (nSPS) is 24.1. The van der Waals surface area contributed by atoms with Crippen LogP contribution in [0.1, 0.15) is 18.9 Å². The molecule has 0 aromatic heterocycles. The summed E-state index contributed by atoms with van der Waals surface area (Å²) < 4.78 is 12.8. The number of nitrogens with zero attached hydrogens (tertiary/aromatic N) is 1. The molecule has 0 bridgehead atoms. The van der Waals surface area contributed by atoms with E-state index in [-0.39, 0.29) is 5.92 Å². The first-order valence-corrected chi connectivity index (χ1v) is 6.49. The first-order valence-electron chi connectivity index (χ1n) is 6.49. The van der Waals surface area contributed by atoms with E-state index in [0.717, 1.165) is 26.1 Å². The van der Waals surface area contributed by atoms with Gasteiger partial charge in [-0.2, -0.15) is 0 Å². The van der Waals surface area contributed by atoms with Crippen molar-refractivity contribution >= 4 is 0 Å². The number of alkyl halides is 1. The Bertz CT molecular complexity index is 358. The maximum Gasteiger partial charge on any atom is 0.150 e. The second-order valence-corrected chi connectivity index (χ2v) is 5.00. The molecule has 100 valence electrons. The molecule has 4 heteroatoms. The third kappa shape index (κ3) is 3.77. The van der Waals surface area contributed by atoms with Gasteiger partial charge in [-0.3, -0.25) is 10.2 Å². The van der Waals surface area contributed by atoms with E-state index in [1.54, 1.807) is 0 Å². The Balaban J connectivity index is 1.81. The first-order chi connectivity index (χ1) is 8.65. The molecule has 1 aliphatic heterocycles. The van der Waals surface area contributed by atoms with Gasteiger partial charge < -0.3 is 5.11 Å². The third-order valence-electron chi connectivity index (χ3n) is 3.40. The molecule has 3 nitrogen and oxygen atoms in total. The average Bonchev–Trinajstić information content (AvgIpc) is 2.78. The minimum Gasteiger partial charge on any atom is -0.378 e. The van der Waals surface area contributed by atoms with Gasteiger partial charge in [0.2, 0.25) is 0 Å². The zero-order valence-corrected chi connectivity index (χ0v) is 10.7. The zero-order chi connectivity index (χ0) is 13.0. The maximum absolute atomic E-state index is 12.8. The summed E-state index contributed by atoms with van der Waals surface area (Å²) in [6, 6.07) is 10.3. The number of nitrogens with one attached hydrogen (secondary N) is 1. The fourth-order valence-electron chi connectivity index (χ4n) is 2.48. The molecule has 0 radical (unpaired) electrons. The summed E-state index contributed by atoms with van der Waals surface area (Å²) in [6.45, 7) is 4.07.